The van der Waals surface area contributed by atoms with Crippen molar-refractivity contribution in [2.45, 2.75) is 12.3 Å². The normalized spacial score (nSPS) is 12.0. The van der Waals surface area contributed by atoms with Crippen LogP contribution >= 0.6 is 34.8 Å². The van der Waals surface area contributed by atoms with E-state index in [0.29, 0.717) is 22.0 Å². The van der Waals surface area contributed by atoms with E-state index in [1.54, 1.807) is 13.0 Å². The van der Waals surface area contributed by atoms with Crippen LogP contribution in [-0.4, -0.2) is 21.6 Å². The number of hydrogen-bond acceptors (Lipinski definition) is 2. The van der Waals surface area contributed by atoms with Crippen LogP contribution in [0.15, 0.2) is 66.7 Å². The first-order valence-electron chi connectivity index (χ1n) is 9.87. The van der Waals surface area contributed by atoms with Crippen molar-refractivity contribution in [3.8, 4) is 11.3 Å². The summed E-state index contributed by atoms with van der Waals surface area (Å²) in [6.45, 7) is 1.79. The Balaban J connectivity index is 1.75. The van der Waals surface area contributed by atoms with Crippen molar-refractivity contribution in [1.82, 2.24) is 4.57 Å². The van der Waals surface area contributed by atoms with Crippen LogP contribution in [0.25, 0.3) is 22.2 Å². The van der Waals surface area contributed by atoms with Crippen LogP contribution in [0.2, 0.25) is 10.0 Å². The third-order valence-electron chi connectivity index (χ3n) is 5.37. The highest BCUT2D eigenvalue weighted by Gasteiger charge is 2.31. The molecule has 1 N–H and O–H groups in total. The van der Waals surface area contributed by atoms with E-state index in [-0.39, 0.29) is 5.02 Å². The van der Waals surface area contributed by atoms with Crippen LogP contribution in [-0.2, 0) is 11.8 Å². The van der Waals surface area contributed by atoms with Gasteiger partial charge in [-0.15, -0.1) is 11.6 Å². The fourth-order valence-electron chi connectivity index (χ4n) is 3.77. The molecule has 0 aliphatic heterocycles. The fraction of sp³-hybridized carbons (Fsp3) is 0.120. The molecule has 1 atom stereocenters. The second-order valence-electron chi connectivity index (χ2n) is 7.46. The maximum absolute atomic E-state index is 13.5. The highest BCUT2D eigenvalue weighted by Crippen LogP contribution is 2.35. The number of nitrogens with one attached hydrogen (secondary N) is 1. The molecule has 0 bridgehead atoms. The largest absolute Gasteiger partial charge is 0.343 e. The van der Waals surface area contributed by atoms with E-state index < -0.39 is 17.1 Å². The van der Waals surface area contributed by atoms with Crippen molar-refractivity contribution in [1.29, 1.82) is 0 Å². The highest BCUT2D eigenvalue weighted by molar-refractivity contribution is 6.47. The van der Waals surface area contributed by atoms with Gasteiger partial charge in [0.05, 0.1) is 22.0 Å². The number of anilines is 1. The summed E-state index contributed by atoms with van der Waals surface area (Å²) < 4.78 is 1.94. The van der Waals surface area contributed by atoms with Crippen LogP contribution in [0.1, 0.15) is 15.9 Å². The number of para-hydroxylation sites is 1. The maximum atomic E-state index is 13.5. The maximum Gasteiger partial charge on any atom is 0.250 e. The molecule has 0 fully saturated rings. The molecule has 4 nitrogen and oxygen atoms in total. The fourth-order valence-corrected chi connectivity index (χ4v) is 4.37. The number of alkyl halides is 1. The predicted octanol–water partition coefficient (Wildman–Crippen LogP) is 6.89. The minimum atomic E-state index is -1.45. The van der Waals surface area contributed by atoms with Crippen LogP contribution in [0.5, 0.6) is 0 Å². The van der Waals surface area contributed by atoms with Gasteiger partial charge in [-0.2, -0.15) is 0 Å². The number of carbonyl (C=O) groups excluding carboxylic acids is 2. The second-order valence-corrected chi connectivity index (χ2v) is 8.71. The Bertz CT molecular complexity index is 1350. The van der Waals surface area contributed by atoms with E-state index in [4.69, 9.17) is 34.8 Å². The molecule has 1 unspecified atom stereocenters. The standard InChI is InChI=1S/C25H19Cl3N2O2/c1-14-12-19(18(27)13-17(14)26)29-25(32)22(28)24(31)21-16-10-6-7-11-20(16)30(2)23(21)15-8-4-3-5-9-15/h3-13,22H,1-2H3,(H,29,32). The number of Topliss-reactive ketones (excluding diaryl/α,β-unsaturated/α-hetero) is 1. The van der Waals surface area contributed by atoms with Gasteiger partial charge < -0.3 is 9.88 Å². The molecular formula is C25H19Cl3N2O2. The zero-order valence-electron chi connectivity index (χ0n) is 17.3. The summed E-state index contributed by atoms with van der Waals surface area (Å²) in [5.74, 6) is -1.14. The van der Waals surface area contributed by atoms with E-state index in [2.05, 4.69) is 5.32 Å². The summed E-state index contributed by atoms with van der Waals surface area (Å²) in [6.07, 6.45) is 0. The second kappa shape index (κ2) is 8.99. The first-order chi connectivity index (χ1) is 15.3. The predicted molar refractivity (Wildman–Crippen MR) is 132 cm³/mol. The minimum absolute atomic E-state index is 0.264. The third kappa shape index (κ3) is 4.02. The molecule has 4 aromatic rings. The molecule has 3 aromatic carbocycles. The zero-order chi connectivity index (χ0) is 23.0. The molecule has 1 aromatic heterocycles. The number of benzene rings is 3. The number of ketones is 1. The Morgan fingerprint density at radius 2 is 1.59 bits per heavy atom. The van der Waals surface area contributed by atoms with Crippen molar-refractivity contribution in [2.24, 2.45) is 7.05 Å². The zero-order valence-corrected chi connectivity index (χ0v) is 19.6. The Hall–Kier alpha value is -2.79. The third-order valence-corrected chi connectivity index (χ3v) is 6.48. The Morgan fingerprint density at radius 3 is 2.31 bits per heavy atom. The Kier molecular flexibility index (Phi) is 6.29. The summed E-state index contributed by atoms with van der Waals surface area (Å²) in [4.78, 5) is 26.4. The van der Waals surface area contributed by atoms with Crippen molar-refractivity contribution in [3.05, 3.63) is 87.9 Å². The Labute approximate surface area is 200 Å². The number of rotatable bonds is 5. The van der Waals surface area contributed by atoms with Crippen molar-refractivity contribution >= 4 is 63.1 Å². The van der Waals surface area contributed by atoms with Gasteiger partial charge >= 0.3 is 0 Å². The summed E-state index contributed by atoms with van der Waals surface area (Å²) in [6, 6.07) is 20.3. The summed E-state index contributed by atoms with van der Waals surface area (Å²) in [5, 5.41) is 2.68. The number of halogens is 3. The molecule has 0 radical (unpaired) electrons. The average molecular weight is 486 g/mol. The van der Waals surface area contributed by atoms with Crippen LogP contribution in [0.4, 0.5) is 5.69 Å². The Morgan fingerprint density at radius 1 is 0.938 bits per heavy atom. The van der Waals surface area contributed by atoms with E-state index in [0.717, 1.165) is 22.0 Å². The van der Waals surface area contributed by atoms with Crippen molar-refractivity contribution < 1.29 is 9.59 Å². The summed E-state index contributed by atoms with van der Waals surface area (Å²) >= 11 is 18.7. The lowest BCUT2D eigenvalue weighted by atomic mass is 9.99. The van der Waals surface area contributed by atoms with Gasteiger partial charge in [0, 0.05) is 23.0 Å². The van der Waals surface area contributed by atoms with E-state index in [1.165, 1.54) is 6.07 Å². The summed E-state index contributed by atoms with van der Waals surface area (Å²) in [7, 11) is 1.89. The monoisotopic (exact) mass is 484 g/mol. The molecule has 0 aliphatic rings. The molecule has 0 spiro atoms. The topological polar surface area (TPSA) is 51.1 Å². The summed E-state index contributed by atoms with van der Waals surface area (Å²) in [5.41, 5.74) is 3.92. The van der Waals surface area contributed by atoms with Crippen LogP contribution in [0.3, 0.4) is 0 Å². The molecule has 0 saturated heterocycles. The number of amides is 1. The van der Waals surface area contributed by atoms with Gasteiger partial charge in [-0.1, -0.05) is 71.7 Å². The number of aromatic nitrogens is 1. The van der Waals surface area contributed by atoms with Gasteiger partial charge in [0.15, 0.2) is 11.2 Å². The smallest absolute Gasteiger partial charge is 0.250 e. The first-order valence-corrected chi connectivity index (χ1v) is 11.1. The molecule has 4 rings (SSSR count). The van der Waals surface area contributed by atoms with Crippen LogP contribution < -0.4 is 5.32 Å². The number of nitrogens with zero attached hydrogens (tertiary/aromatic N) is 1. The van der Waals surface area contributed by atoms with E-state index >= 15 is 0 Å². The molecule has 0 aliphatic carbocycles. The molecule has 0 saturated carbocycles. The number of carbonyl (C=O) groups is 2. The number of fused-ring (bicyclic) bond motifs is 1. The number of aryl methyl sites for hydroxylation is 2. The molecule has 1 heterocycles. The molecular weight excluding hydrogens is 467 g/mol. The lowest BCUT2D eigenvalue weighted by Gasteiger charge is -2.14. The van der Waals surface area contributed by atoms with Crippen molar-refractivity contribution in [2.75, 3.05) is 5.32 Å². The van der Waals surface area contributed by atoms with Gasteiger partial charge in [-0.05, 0) is 36.2 Å². The van der Waals surface area contributed by atoms with Gasteiger partial charge in [-0.3, -0.25) is 9.59 Å². The van der Waals surface area contributed by atoms with Crippen LogP contribution in [0, 0.1) is 6.92 Å². The molecule has 32 heavy (non-hydrogen) atoms. The minimum Gasteiger partial charge on any atom is -0.343 e. The lowest BCUT2D eigenvalue weighted by molar-refractivity contribution is -0.115. The van der Waals surface area contributed by atoms with Gasteiger partial charge in [-0.25, -0.2) is 0 Å². The molecule has 1 amide bonds. The number of hydrogen-bond donors (Lipinski definition) is 1. The average Bonchev–Trinajstić information content (AvgIpc) is 3.09. The van der Waals surface area contributed by atoms with Crippen molar-refractivity contribution in [3.63, 3.8) is 0 Å². The molecule has 162 valence electrons. The van der Waals surface area contributed by atoms with Gasteiger partial charge in [0.1, 0.15) is 0 Å². The lowest BCUT2D eigenvalue weighted by Crippen LogP contribution is -2.31. The van der Waals surface area contributed by atoms with Gasteiger partial charge in [0.2, 0.25) is 5.91 Å². The molecule has 7 heteroatoms. The van der Waals surface area contributed by atoms with E-state index in [1.807, 2.05) is 66.2 Å². The SMILES string of the molecule is Cc1cc(NC(=O)C(Cl)C(=O)c2c(-c3ccccc3)n(C)c3ccccc23)c(Cl)cc1Cl. The highest BCUT2D eigenvalue weighted by atomic mass is 35.5. The van der Waals surface area contributed by atoms with Gasteiger partial charge in [0.25, 0.3) is 0 Å². The quantitative estimate of drug-likeness (QED) is 0.190. The first kappa shape index (κ1) is 22.4. The van der Waals surface area contributed by atoms with E-state index in [9.17, 15) is 9.59 Å².